The fraction of sp³-hybridized carbons (Fsp3) is 0.188. The number of sulfonamides is 1. The van der Waals surface area contributed by atoms with Gasteiger partial charge in [-0.1, -0.05) is 18.2 Å². The van der Waals surface area contributed by atoms with E-state index >= 15 is 0 Å². The Hall–Kier alpha value is -1.97. The van der Waals surface area contributed by atoms with Crippen molar-refractivity contribution in [2.24, 2.45) is 0 Å². The van der Waals surface area contributed by atoms with Gasteiger partial charge in [0.25, 0.3) is 0 Å². The van der Waals surface area contributed by atoms with E-state index in [4.69, 9.17) is 0 Å². The van der Waals surface area contributed by atoms with Crippen molar-refractivity contribution >= 4 is 31.6 Å². The van der Waals surface area contributed by atoms with E-state index in [1.807, 2.05) is 0 Å². The standard InChI is InChI=1S/C16H13F3N2O2S2/c1-10(21-25(22,23)12-5-3-2-4-6-12)15-20-13-9-11(16(17,18)19)7-8-14(13)24-15/h2-10,21H,1H3. The second kappa shape index (κ2) is 6.40. The van der Waals surface area contributed by atoms with E-state index in [0.29, 0.717) is 9.71 Å². The zero-order valence-corrected chi connectivity index (χ0v) is 14.5. The van der Waals surface area contributed by atoms with Crippen molar-refractivity contribution < 1.29 is 21.6 Å². The average Bonchev–Trinajstić information content (AvgIpc) is 2.98. The normalized spacial score (nSPS) is 13.9. The minimum atomic E-state index is -4.45. The molecular formula is C16H13F3N2O2S2. The van der Waals surface area contributed by atoms with Gasteiger partial charge >= 0.3 is 6.18 Å². The molecule has 0 aliphatic rings. The molecule has 0 saturated heterocycles. The molecule has 3 aromatic rings. The van der Waals surface area contributed by atoms with E-state index in [2.05, 4.69) is 9.71 Å². The summed E-state index contributed by atoms with van der Waals surface area (Å²) in [7, 11) is -3.74. The number of hydrogen-bond donors (Lipinski definition) is 1. The van der Waals surface area contributed by atoms with Crippen LogP contribution in [-0.2, 0) is 16.2 Å². The number of fused-ring (bicyclic) bond motifs is 1. The van der Waals surface area contributed by atoms with Crippen LogP contribution in [0.3, 0.4) is 0 Å². The molecule has 4 nitrogen and oxygen atoms in total. The van der Waals surface area contributed by atoms with Gasteiger partial charge in [-0.3, -0.25) is 0 Å². The number of halogens is 3. The van der Waals surface area contributed by atoms with Crippen molar-refractivity contribution in [1.29, 1.82) is 0 Å². The maximum absolute atomic E-state index is 12.8. The maximum atomic E-state index is 12.8. The molecular weight excluding hydrogens is 373 g/mol. The van der Waals surface area contributed by atoms with Gasteiger partial charge in [-0.2, -0.15) is 13.2 Å². The predicted molar refractivity (Wildman–Crippen MR) is 89.8 cm³/mol. The first-order chi connectivity index (χ1) is 11.7. The monoisotopic (exact) mass is 386 g/mol. The summed E-state index contributed by atoms with van der Waals surface area (Å²) < 4.78 is 66.0. The molecule has 1 aromatic heterocycles. The Bertz CT molecular complexity index is 999. The molecule has 9 heteroatoms. The highest BCUT2D eigenvalue weighted by molar-refractivity contribution is 7.89. The van der Waals surface area contributed by atoms with Gasteiger partial charge in [-0.15, -0.1) is 11.3 Å². The van der Waals surface area contributed by atoms with E-state index in [1.165, 1.54) is 18.2 Å². The fourth-order valence-electron chi connectivity index (χ4n) is 2.26. The lowest BCUT2D eigenvalue weighted by Gasteiger charge is -2.11. The zero-order chi connectivity index (χ0) is 18.2. The molecule has 2 aromatic carbocycles. The summed E-state index contributed by atoms with van der Waals surface area (Å²) >= 11 is 1.16. The smallest absolute Gasteiger partial charge is 0.239 e. The molecule has 1 atom stereocenters. The van der Waals surface area contributed by atoms with Crippen LogP contribution in [0.2, 0.25) is 0 Å². The number of benzene rings is 2. The van der Waals surface area contributed by atoms with Crippen LogP contribution in [0.25, 0.3) is 10.2 Å². The van der Waals surface area contributed by atoms with Gasteiger partial charge < -0.3 is 0 Å². The molecule has 132 valence electrons. The van der Waals surface area contributed by atoms with Crippen molar-refractivity contribution in [2.75, 3.05) is 0 Å². The third-order valence-electron chi connectivity index (χ3n) is 3.49. The highest BCUT2D eigenvalue weighted by Gasteiger charge is 2.31. The lowest BCUT2D eigenvalue weighted by Crippen LogP contribution is -2.26. The lowest BCUT2D eigenvalue weighted by molar-refractivity contribution is -0.137. The third kappa shape index (κ3) is 3.83. The molecule has 0 amide bonds. The highest BCUT2D eigenvalue weighted by Crippen LogP contribution is 2.34. The van der Waals surface area contributed by atoms with Crippen LogP contribution in [-0.4, -0.2) is 13.4 Å². The number of nitrogens with zero attached hydrogens (tertiary/aromatic N) is 1. The molecule has 0 aliphatic carbocycles. The van der Waals surface area contributed by atoms with Gasteiger partial charge in [0.1, 0.15) is 5.01 Å². The van der Waals surface area contributed by atoms with Gasteiger partial charge in [-0.05, 0) is 37.3 Å². The molecule has 0 saturated carbocycles. The molecule has 25 heavy (non-hydrogen) atoms. The summed E-state index contributed by atoms with van der Waals surface area (Å²) in [5.74, 6) is 0. The van der Waals surface area contributed by atoms with Crippen LogP contribution in [0.4, 0.5) is 13.2 Å². The summed E-state index contributed by atoms with van der Waals surface area (Å²) in [4.78, 5) is 4.27. The van der Waals surface area contributed by atoms with E-state index in [9.17, 15) is 21.6 Å². The van der Waals surface area contributed by atoms with Crippen LogP contribution in [0.1, 0.15) is 23.5 Å². The number of aromatic nitrogens is 1. The van der Waals surface area contributed by atoms with Crippen molar-refractivity contribution in [1.82, 2.24) is 9.71 Å². The summed E-state index contributed by atoms with van der Waals surface area (Å²) in [6.45, 7) is 1.60. The SMILES string of the molecule is CC(NS(=O)(=O)c1ccccc1)c1nc2cc(C(F)(F)F)ccc2s1. The van der Waals surface area contributed by atoms with E-state index in [0.717, 1.165) is 23.5 Å². The summed E-state index contributed by atoms with van der Waals surface area (Å²) in [5.41, 5.74) is -0.588. The maximum Gasteiger partial charge on any atom is 0.416 e. The topological polar surface area (TPSA) is 59.1 Å². The van der Waals surface area contributed by atoms with Crippen LogP contribution in [0, 0.1) is 0 Å². The minimum Gasteiger partial charge on any atom is -0.239 e. The Labute approximate surface area is 146 Å². The second-order valence-corrected chi connectivity index (χ2v) is 8.16. The van der Waals surface area contributed by atoms with Crippen molar-refractivity contribution in [3.8, 4) is 0 Å². The fourth-order valence-corrected chi connectivity index (χ4v) is 4.51. The number of thiazole rings is 1. The Morgan fingerprint density at radius 1 is 1.12 bits per heavy atom. The molecule has 3 rings (SSSR count). The summed E-state index contributed by atoms with van der Waals surface area (Å²) in [5, 5.41) is 0.397. The Balaban J connectivity index is 1.89. The molecule has 1 heterocycles. The zero-order valence-electron chi connectivity index (χ0n) is 12.9. The highest BCUT2D eigenvalue weighted by atomic mass is 32.2. The molecule has 1 unspecified atom stereocenters. The quantitative estimate of drug-likeness (QED) is 0.725. The third-order valence-corrected chi connectivity index (χ3v) is 6.26. The van der Waals surface area contributed by atoms with Crippen LogP contribution < -0.4 is 4.72 Å². The number of nitrogens with one attached hydrogen (secondary N) is 1. The van der Waals surface area contributed by atoms with Crippen molar-refractivity contribution in [2.45, 2.75) is 24.0 Å². The van der Waals surface area contributed by atoms with Gasteiger partial charge in [0.05, 0.1) is 26.7 Å². The van der Waals surface area contributed by atoms with E-state index < -0.39 is 27.8 Å². The first-order valence-electron chi connectivity index (χ1n) is 7.22. The van der Waals surface area contributed by atoms with Crippen LogP contribution >= 0.6 is 11.3 Å². The van der Waals surface area contributed by atoms with Crippen LogP contribution in [0.5, 0.6) is 0 Å². The Morgan fingerprint density at radius 3 is 2.44 bits per heavy atom. The number of hydrogen-bond acceptors (Lipinski definition) is 4. The van der Waals surface area contributed by atoms with Gasteiger partial charge in [0.2, 0.25) is 10.0 Å². The largest absolute Gasteiger partial charge is 0.416 e. The average molecular weight is 386 g/mol. The summed E-state index contributed by atoms with van der Waals surface area (Å²) in [6.07, 6.45) is -4.45. The van der Waals surface area contributed by atoms with Gasteiger partial charge in [0.15, 0.2) is 0 Å². The number of alkyl halides is 3. The van der Waals surface area contributed by atoms with Crippen molar-refractivity contribution in [3.05, 3.63) is 59.1 Å². The molecule has 0 fully saturated rings. The van der Waals surface area contributed by atoms with Gasteiger partial charge in [-0.25, -0.2) is 18.1 Å². The number of rotatable bonds is 4. The van der Waals surface area contributed by atoms with E-state index in [1.54, 1.807) is 25.1 Å². The minimum absolute atomic E-state index is 0.113. The molecule has 0 spiro atoms. The first-order valence-corrected chi connectivity index (χ1v) is 9.52. The predicted octanol–water partition coefficient (Wildman–Crippen LogP) is 4.35. The molecule has 0 bridgehead atoms. The second-order valence-electron chi connectivity index (χ2n) is 5.39. The first kappa shape index (κ1) is 17.8. The Kier molecular flexibility index (Phi) is 4.56. The van der Waals surface area contributed by atoms with E-state index in [-0.39, 0.29) is 10.4 Å². The molecule has 0 aliphatic heterocycles. The van der Waals surface area contributed by atoms with Gasteiger partial charge in [0, 0.05) is 0 Å². The summed E-state index contributed by atoms with van der Waals surface area (Å²) in [6, 6.07) is 10.5. The Morgan fingerprint density at radius 2 is 1.80 bits per heavy atom. The molecule has 0 radical (unpaired) electrons. The lowest BCUT2D eigenvalue weighted by atomic mass is 10.2. The van der Waals surface area contributed by atoms with Crippen molar-refractivity contribution in [3.63, 3.8) is 0 Å². The molecule has 1 N–H and O–H groups in total. The van der Waals surface area contributed by atoms with Crippen LogP contribution in [0.15, 0.2) is 53.4 Å².